The van der Waals surface area contributed by atoms with Gasteiger partial charge < -0.3 is 20.4 Å². The normalized spacial score (nSPS) is 10.2. The van der Waals surface area contributed by atoms with Gasteiger partial charge >= 0.3 is 0 Å². The number of nitrogens with two attached hydrogens (primary N) is 1. The molecule has 0 spiro atoms. The Labute approximate surface area is 129 Å². The molecule has 21 heavy (non-hydrogen) atoms. The van der Waals surface area contributed by atoms with Crippen molar-refractivity contribution in [3.05, 3.63) is 51.4 Å². The van der Waals surface area contributed by atoms with Gasteiger partial charge in [0.2, 0.25) is 5.91 Å². The van der Waals surface area contributed by atoms with E-state index in [4.69, 9.17) is 10.5 Å². The number of amides is 1. The van der Waals surface area contributed by atoms with Crippen molar-refractivity contribution in [3.8, 4) is 5.75 Å². The largest absolute Gasteiger partial charge is 0.497 e. The lowest BCUT2D eigenvalue weighted by Gasteiger charge is -2.09. The Morgan fingerprint density at radius 3 is 2.90 bits per heavy atom. The number of rotatable bonds is 4. The molecule has 1 aromatic carbocycles. The molecule has 0 atom stereocenters. The summed E-state index contributed by atoms with van der Waals surface area (Å²) in [6, 6.07) is 8.46. The molecular formula is C14H14BrN3O3. The van der Waals surface area contributed by atoms with E-state index in [1.165, 1.54) is 16.8 Å². The Hall–Kier alpha value is -2.28. The number of nitrogens with zero attached hydrogens (tertiary/aromatic N) is 1. The predicted molar refractivity (Wildman–Crippen MR) is 84.4 cm³/mol. The third kappa shape index (κ3) is 3.85. The molecule has 0 bridgehead atoms. The molecule has 0 saturated heterocycles. The number of halogens is 1. The average molecular weight is 352 g/mol. The predicted octanol–water partition coefficient (Wildman–Crippen LogP) is 1.84. The van der Waals surface area contributed by atoms with Crippen LogP contribution in [0, 0.1) is 0 Å². The summed E-state index contributed by atoms with van der Waals surface area (Å²) in [4.78, 5) is 23.9. The third-order valence-corrected chi connectivity index (χ3v) is 3.30. The van der Waals surface area contributed by atoms with Crippen molar-refractivity contribution in [2.24, 2.45) is 0 Å². The molecule has 7 heteroatoms. The van der Waals surface area contributed by atoms with Crippen LogP contribution < -0.4 is 21.3 Å². The fourth-order valence-electron chi connectivity index (χ4n) is 1.79. The molecule has 0 aliphatic heterocycles. The van der Waals surface area contributed by atoms with E-state index in [0.29, 0.717) is 21.6 Å². The van der Waals surface area contributed by atoms with E-state index in [0.717, 1.165) is 0 Å². The van der Waals surface area contributed by atoms with Crippen LogP contribution in [0.5, 0.6) is 5.75 Å². The molecule has 0 aliphatic carbocycles. The van der Waals surface area contributed by atoms with Crippen LogP contribution in [0.15, 0.2) is 45.8 Å². The molecule has 0 fully saturated rings. The van der Waals surface area contributed by atoms with Crippen LogP contribution in [0.25, 0.3) is 0 Å². The van der Waals surface area contributed by atoms with Gasteiger partial charge in [-0.15, -0.1) is 0 Å². The number of anilines is 2. The average Bonchev–Trinajstić information content (AvgIpc) is 2.44. The van der Waals surface area contributed by atoms with Crippen LogP contribution >= 0.6 is 15.9 Å². The van der Waals surface area contributed by atoms with Crippen molar-refractivity contribution in [2.45, 2.75) is 6.54 Å². The second kappa shape index (κ2) is 6.45. The number of hydrogen-bond acceptors (Lipinski definition) is 4. The summed E-state index contributed by atoms with van der Waals surface area (Å²) < 4.78 is 6.64. The van der Waals surface area contributed by atoms with Crippen LogP contribution in [0.3, 0.4) is 0 Å². The van der Waals surface area contributed by atoms with Gasteiger partial charge in [-0.3, -0.25) is 9.59 Å². The minimum absolute atomic E-state index is 0.125. The fourth-order valence-corrected chi connectivity index (χ4v) is 2.29. The van der Waals surface area contributed by atoms with Gasteiger partial charge in [0, 0.05) is 23.6 Å². The van der Waals surface area contributed by atoms with Crippen molar-refractivity contribution in [1.82, 2.24) is 4.57 Å². The Balaban J connectivity index is 2.13. The number of benzene rings is 1. The third-order valence-electron chi connectivity index (χ3n) is 2.73. The maximum atomic E-state index is 12.0. The van der Waals surface area contributed by atoms with Crippen molar-refractivity contribution < 1.29 is 9.53 Å². The molecular weight excluding hydrogens is 338 g/mol. The van der Waals surface area contributed by atoms with Crippen LogP contribution in [0.1, 0.15) is 0 Å². The lowest BCUT2D eigenvalue weighted by molar-refractivity contribution is -0.116. The van der Waals surface area contributed by atoms with Gasteiger partial charge in [-0.1, -0.05) is 6.07 Å². The summed E-state index contributed by atoms with van der Waals surface area (Å²) in [6.07, 6.45) is 1.43. The molecule has 2 aromatic rings. The maximum absolute atomic E-state index is 12.0. The quantitative estimate of drug-likeness (QED) is 0.879. The first-order valence-corrected chi connectivity index (χ1v) is 6.88. The monoisotopic (exact) mass is 351 g/mol. The number of ether oxygens (including phenoxy) is 1. The number of methoxy groups -OCH3 is 1. The van der Waals surface area contributed by atoms with Gasteiger partial charge in [-0.05, 0) is 34.1 Å². The lowest BCUT2D eigenvalue weighted by atomic mass is 10.3. The second-order valence-electron chi connectivity index (χ2n) is 4.33. The highest BCUT2D eigenvalue weighted by atomic mass is 79.9. The van der Waals surface area contributed by atoms with E-state index in [-0.39, 0.29) is 18.0 Å². The zero-order valence-corrected chi connectivity index (χ0v) is 12.9. The molecule has 0 radical (unpaired) electrons. The molecule has 0 saturated carbocycles. The molecule has 0 unspecified atom stereocenters. The Kier molecular flexibility index (Phi) is 4.64. The summed E-state index contributed by atoms with van der Waals surface area (Å²) in [5.41, 5.74) is 6.33. The van der Waals surface area contributed by atoms with E-state index in [1.807, 2.05) is 0 Å². The summed E-state index contributed by atoms with van der Waals surface area (Å²) in [5, 5.41) is 2.70. The molecule has 2 rings (SSSR count). The summed E-state index contributed by atoms with van der Waals surface area (Å²) in [7, 11) is 1.55. The number of carbonyl (C=O) groups is 1. The SMILES string of the molecule is COc1cccc(NC(=O)Cn2cc(N)cc(Br)c2=O)c1. The van der Waals surface area contributed by atoms with Gasteiger partial charge in [-0.2, -0.15) is 0 Å². The molecule has 1 amide bonds. The number of hydrogen-bond donors (Lipinski definition) is 2. The van der Waals surface area contributed by atoms with Gasteiger partial charge in [0.05, 0.1) is 11.6 Å². The number of aromatic nitrogens is 1. The van der Waals surface area contributed by atoms with Gasteiger partial charge in [-0.25, -0.2) is 0 Å². The molecule has 110 valence electrons. The van der Waals surface area contributed by atoms with Crippen molar-refractivity contribution >= 4 is 33.2 Å². The molecule has 1 aromatic heterocycles. The van der Waals surface area contributed by atoms with Gasteiger partial charge in [0.1, 0.15) is 12.3 Å². The van der Waals surface area contributed by atoms with E-state index < -0.39 is 0 Å². The first-order valence-electron chi connectivity index (χ1n) is 6.09. The minimum atomic E-state index is -0.331. The highest BCUT2D eigenvalue weighted by Crippen LogP contribution is 2.16. The molecule has 0 aliphatic rings. The number of nitrogen functional groups attached to an aromatic ring is 1. The number of pyridine rings is 1. The van der Waals surface area contributed by atoms with E-state index in [2.05, 4.69) is 21.2 Å². The summed E-state index contributed by atoms with van der Waals surface area (Å²) in [6.45, 7) is -0.125. The first kappa shape index (κ1) is 15.1. The molecule has 6 nitrogen and oxygen atoms in total. The Bertz CT molecular complexity index is 728. The Morgan fingerprint density at radius 2 is 2.19 bits per heavy atom. The second-order valence-corrected chi connectivity index (χ2v) is 5.19. The van der Waals surface area contributed by atoms with Gasteiger partial charge in [0.25, 0.3) is 5.56 Å². The van der Waals surface area contributed by atoms with Gasteiger partial charge in [0.15, 0.2) is 0 Å². The zero-order valence-electron chi connectivity index (χ0n) is 11.3. The summed E-state index contributed by atoms with van der Waals surface area (Å²) in [5.74, 6) is 0.305. The smallest absolute Gasteiger partial charge is 0.265 e. The minimum Gasteiger partial charge on any atom is -0.497 e. The standard InChI is InChI=1S/C14H14BrN3O3/c1-21-11-4-2-3-10(6-11)17-13(19)8-18-7-9(16)5-12(15)14(18)20/h2-7H,8,16H2,1H3,(H,17,19). The number of carbonyl (C=O) groups excluding carboxylic acids is 1. The molecule has 1 heterocycles. The Morgan fingerprint density at radius 1 is 1.43 bits per heavy atom. The highest BCUT2D eigenvalue weighted by molar-refractivity contribution is 9.10. The topological polar surface area (TPSA) is 86.3 Å². The highest BCUT2D eigenvalue weighted by Gasteiger charge is 2.08. The lowest BCUT2D eigenvalue weighted by Crippen LogP contribution is -2.28. The van der Waals surface area contributed by atoms with Crippen LogP contribution in [0.4, 0.5) is 11.4 Å². The summed E-state index contributed by atoms with van der Waals surface area (Å²) >= 11 is 3.11. The van der Waals surface area contributed by atoms with E-state index in [9.17, 15) is 9.59 Å². The van der Waals surface area contributed by atoms with Crippen LogP contribution in [0.2, 0.25) is 0 Å². The maximum Gasteiger partial charge on any atom is 0.265 e. The van der Waals surface area contributed by atoms with E-state index >= 15 is 0 Å². The fraction of sp³-hybridized carbons (Fsp3) is 0.143. The van der Waals surface area contributed by atoms with Crippen molar-refractivity contribution in [3.63, 3.8) is 0 Å². The van der Waals surface area contributed by atoms with Crippen LogP contribution in [-0.4, -0.2) is 17.6 Å². The number of nitrogens with one attached hydrogen (secondary N) is 1. The van der Waals surface area contributed by atoms with E-state index in [1.54, 1.807) is 31.4 Å². The van der Waals surface area contributed by atoms with Crippen molar-refractivity contribution in [1.29, 1.82) is 0 Å². The zero-order chi connectivity index (χ0) is 15.4. The van der Waals surface area contributed by atoms with Crippen molar-refractivity contribution in [2.75, 3.05) is 18.2 Å². The van der Waals surface area contributed by atoms with Crippen LogP contribution in [-0.2, 0) is 11.3 Å². The molecule has 3 N–H and O–H groups in total. The first-order chi connectivity index (χ1) is 9.99.